The Morgan fingerprint density at radius 1 is 1.14 bits per heavy atom. The van der Waals surface area contributed by atoms with Gasteiger partial charge in [-0.3, -0.25) is 4.99 Å². The highest BCUT2D eigenvalue weighted by Crippen LogP contribution is 2.34. The zero-order chi connectivity index (χ0) is 20.5. The van der Waals surface area contributed by atoms with E-state index in [4.69, 9.17) is 9.26 Å². The van der Waals surface area contributed by atoms with E-state index in [0.29, 0.717) is 12.5 Å². The van der Waals surface area contributed by atoms with Crippen molar-refractivity contribution in [1.29, 1.82) is 0 Å². The molecule has 1 aliphatic rings. The first kappa shape index (κ1) is 21.4. The predicted molar refractivity (Wildman–Crippen MR) is 116 cm³/mol. The van der Waals surface area contributed by atoms with Gasteiger partial charge in [0.15, 0.2) is 11.7 Å². The van der Waals surface area contributed by atoms with E-state index in [2.05, 4.69) is 71.0 Å². The van der Waals surface area contributed by atoms with Gasteiger partial charge in [0.05, 0.1) is 12.2 Å². The van der Waals surface area contributed by atoms with E-state index >= 15 is 0 Å². The molecule has 0 saturated carbocycles. The minimum atomic E-state index is 0.0615. The van der Waals surface area contributed by atoms with Crippen LogP contribution in [0.15, 0.2) is 45.9 Å². The van der Waals surface area contributed by atoms with Crippen LogP contribution in [0.5, 0.6) is 0 Å². The van der Waals surface area contributed by atoms with Crippen molar-refractivity contribution < 1.29 is 9.26 Å². The summed E-state index contributed by atoms with van der Waals surface area (Å²) >= 11 is 0. The van der Waals surface area contributed by atoms with Crippen molar-refractivity contribution in [2.24, 2.45) is 4.99 Å². The van der Waals surface area contributed by atoms with E-state index < -0.39 is 0 Å². The molecule has 0 atom stereocenters. The lowest BCUT2D eigenvalue weighted by Gasteiger charge is -2.38. The van der Waals surface area contributed by atoms with Crippen molar-refractivity contribution in [2.45, 2.75) is 57.4 Å². The summed E-state index contributed by atoms with van der Waals surface area (Å²) in [6.45, 7) is 7.33. The quantitative estimate of drug-likeness (QED) is 0.520. The number of rotatable bonds is 8. The van der Waals surface area contributed by atoms with Gasteiger partial charge in [-0.05, 0) is 31.2 Å². The van der Waals surface area contributed by atoms with Crippen LogP contribution >= 0.6 is 0 Å². The Kier molecular flexibility index (Phi) is 7.69. The van der Waals surface area contributed by atoms with Crippen molar-refractivity contribution >= 4 is 5.96 Å². The first-order valence-corrected chi connectivity index (χ1v) is 10.7. The number of aliphatic imine (C=N–C) groups is 1. The van der Waals surface area contributed by atoms with Crippen molar-refractivity contribution in [1.82, 2.24) is 15.8 Å². The molecule has 0 bridgehead atoms. The minimum absolute atomic E-state index is 0.0615. The molecule has 2 aromatic rings. The number of benzene rings is 1. The third-order valence-corrected chi connectivity index (χ3v) is 6.07. The molecule has 1 aliphatic heterocycles. The number of aromatic nitrogens is 1. The van der Waals surface area contributed by atoms with E-state index in [1.165, 1.54) is 5.56 Å². The topological polar surface area (TPSA) is 71.7 Å². The average molecular weight is 399 g/mol. The zero-order valence-corrected chi connectivity index (χ0v) is 17.9. The molecule has 3 rings (SSSR count). The van der Waals surface area contributed by atoms with Crippen LogP contribution in [-0.4, -0.2) is 37.9 Å². The van der Waals surface area contributed by atoms with Crippen molar-refractivity contribution in [2.75, 3.05) is 26.8 Å². The number of ether oxygens (including phenoxy) is 1. The van der Waals surface area contributed by atoms with E-state index in [0.717, 1.165) is 62.9 Å². The lowest BCUT2D eigenvalue weighted by Crippen LogP contribution is -2.47. The summed E-state index contributed by atoms with van der Waals surface area (Å²) in [6, 6.07) is 12.8. The van der Waals surface area contributed by atoms with Gasteiger partial charge in [-0.2, -0.15) is 0 Å². The van der Waals surface area contributed by atoms with Gasteiger partial charge in [-0.25, -0.2) is 0 Å². The van der Waals surface area contributed by atoms with Gasteiger partial charge in [0.25, 0.3) is 0 Å². The Labute approximate surface area is 174 Å². The molecular formula is C23H34N4O2. The third-order valence-electron chi connectivity index (χ3n) is 6.07. The van der Waals surface area contributed by atoms with Crippen LogP contribution in [0.4, 0.5) is 0 Å². The Morgan fingerprint density at radius 3 is 2.52 bits per heavy atom. The summed E-state index contributed by atoms with van der Waals surface area (Å²) in [4.78, 5) is 4.39. The van der Waals surface area contributed by atoms with Crippen LogP contribution in [-0.2, 0) is 16.7 Å². The van der Waals surface area contributed by atoms with Crippen LogP contribution in [0.2, 0.25) is 0 Å². The van der Waals surface area contributed by atoms with Gasteiger partial charge in [0, 0.05) is 44.2 Å². The van der Waals surface area contributed by atoms with Gasteiger partial charge in [0.1, 0.15) is 0 Å². The van der Waals surface area contributed by atoms with E-state index in [9.17, 15) is 0 Å². The molecular weight excluding hydrogens is 364 g/mol. The summed E-state index contributed by atoms with van der Waals surface area (Å²) in [5.41, 5.74) is 2.46. The maximum atomic E-state index is 5.63. The highest BCUT2D eigenvalue weighted by atomic mass is 16.5. The second kappa shape index (κ2) is 10.4. The second-order valence-electron chi connectivity index (χ2n) is 7.77. The molecule has 2 heterocycles. The fourth-order valence-electron chi connectivity index (χ4n) is 4.08. The SMILES string of the molecule is CCC(CC)c1cc(CNC(=NC)NCC2(c3ccccc3)CCOCC2)on1. The van der Waals surface area contributed by atoms with Gasteiger partial charge >= 0.3 is 0 Å². The number of nitrogens with zero attached hydrogens (tertiary/aromatic N) is 2. The van der Waals surface area contributed by atoms with Crippen molar-refractivity contribution in [3.63, 3.8) is 0 Å². The molecule has 29 heavy (non-hydrogen) atoms. The van der Waals surface area contributed by atoms with Crippen molar-refractivity contribution in [3.05, 3.63) is 53.4 Å². The molecule has 158 valence electrons. The normalized spacial score (nSPS) is 16.8. The fourth-order valence-corrected chi connectivity index (χ4v) is 4.08. The third kappa shape index (κ3) is 5.38. The molecule has 1 aromatic heterocycles. The lowest BCUT2D eigenvalue weighted by molar-refractivity contribution is 0.0514. The molecule has 6 nitrogen and oxygen atoms in total. The molecule has 0 amide bonds. The summed E-state index contributed by atoms with van der Waals surface area (Å²) in [5.74, 6) is 2.06. The molecule has 0 radical (unpaired) electrons. The van der Waals surface area contributed by atoms with E-state index in [1.807, 2.05) is 0 Å². The molecule has 6 heteroatoms. The largest absolute Gasteiger partial charge is 0.381 e. The monoisotopic (exact) mass is 398 g/mol. The molecule has 1 fully saturated rings. The second-order valence-corrected chi connectivity index (χ2v) is 7.77. The summed E-state index contributed by atoms with van der Waals surface area (Å²) in [7, 11) is 1.80. The van der Waals surface area contributed by atoms with Gasteiger partial charge in [-0.15, -0.1) is 0 Å². The van der Waals surface area contributed by atoms with E-state index in [1.54, 1.807) is 7.05 Å². The van der Waals surface area contributed by atoms with E-state index in [-0.39, 0.29) is 5.41 Å². The molecule has 1 aromatic carbocycles. The predicted octanol–water partition coefficient (Wildman–Crippen LogP) is 3.99. The number of guanidine groups is 1. The highest BCUT2D eigenvalue weighted by molar-refractivity contribution is 5.79. The molecule has 1 saturated heterocycles. The Balaban J connectivity index is 1.59. The summed E-state index contributed by atoms with van der Waals surface area (Å²) in [6.07, 6.45) is 4.15. The Bertz CT molecular complexity index is 762. The molecule has 0 spiro atoms. The molecule has 0 unspecified atom stereocenters. The average Bonchev–Trinajstić information content (AvgIpc) is 3.25. The van der Waals surface area contributed by atoms with Crippen LogP contribution in [0.3, 0.4) is 0 Å². The lowest BCUT2D eigenvalue weighted by atomic mass is 9.74. The molecule has 2 N–H and O–H groups in total. The standard InChI is InChI=1S/C23H34N4O2/c1-4-18(5-2)21-15-20(29-27-21)16-25-22(24-3)26-17-23(11-13-28-14-12-23)19-9-7-6-8-10-19/h6-10,15,18H,4-5,11-14,16-17H2,1-3H3,(H2,24,25,26). The zero-order valence-electron chi connectivity index (χ0n) is 17.9. The summed E-state index contributed by atoms with van der Waals surface area (Å²) in [5, 5.41) is 11.1. The number of nitrogens with one attached hydrogen (secondary N) is 2. The Morgan fingerprint density at radius 2 is 1.86 bits per heavy atom. The maximum Gasteiger partial charge on any atom is 0.191 e. The molecule has 0 aliphatic carbocycles. The van der Waals surface area contributed by atoms with Crippen molar-refractivity contribution in [3.8, 4) is 0 Å². The van der Waals surface area contributed by atoms with Gasteiger partial charge in [-0.1, -0.05) is 49.3 Å². The first-order chi connectivity index (χ1) is 14.2. The van der Waals surface area contributed by atoms with Gasteiger partial charge < -0.3 is 19.9 Å². The fraction of sp³-hybridized carbons (Fsp3) is 0.565. The van der Waals surface area contributed by atoms with Crippen LogP contribution in [0.1, 0.15) is 62.5 Å². The summed E-state index contributed by atoms with van der Waals surface area (Å²) < 4.78 is 11.1. The van der Waals surface area contributed by atoms with Gasteiger partial charge in [0.2, 0.25) is 0 Å². The number of hydrogen-bond donors (Lipinski definition) is 2. The smallest absolute Gasteiger partial charge is 0.191 e. The maximum absolute atomic E-state index is 5.63. The van der Waals surface area contributed by atoms with Crippen LogP contribution < -0.4 is 10.6 Å². The van der Waals surface area contributed by atoms with Crippen LogP contribution in [0, 0.1) is 0 Å². The highest BCUT2D eigenvalue weighted by Gasteiger charge is 2.34. The number of hydrogen-bond acceptors (Lipinski definition) is 4. The van der Waals surface area contributed by atoms with Crippen LogP contribution in [0.25, 0.3) is 0 Å². The Hall–Kier alpha value is -2.34. The first-order valence-electron chi connectivity index (χ1n) is 10.7. The minimum Gasteiger partial charge on any atom is -0.381 e.